The van der Waals surface area contributed by atoms with Crippen molar-refractivity contribution in [2.75, 3.05) is 0 Å². The van der Waals surface area contributed by atoms with Crippen molar-refractivity contribution in [3.63, 3.8) is 0 Å². The van der Waals surface area contributed by atoms with E-state index in [9.17, 15) is 14.7 Å². The number of carbonyl (C=O) groups excluding carboxylic acids is 1. The van der Waals surface area contributed by atoms with Gasteiger partial charge in [0, 0.05) is 11.6 Å². The normalized spacial score (nSPS) is 12.3. The van der Waals surface area contributed by atoms with Gasteiger partial charge in [0.2, 0.25) is 0 Å². The van der Waals surface area contributed by atoms with Crippen LogP contribution in [-0.4, -0.2) is 43.0 Å². The number of fused-ring (bicyclic) bond motifs is 1. The quantitative estimate of drug-likeness (QED) is 0.692. The highest BCUT2D eigenvalue weighted by molar-refractivity contribution is 5.96. The van der Waals surface area contributed by atoms with Gasteiger partial charge in [-0.2, -0.15) is 0 Å². The van der Waals surface area contributed by atoms with Crippen LogP contribution in [0.1, 0.15) is 36.5 Å². The Balaban J connectivity index is 1.93. The summed E-state index contributed by atoms with van der Waals surface area (Å²) < 4.78 is 1.57. The van der Waals surface area contributed by atoms with Gasteiger partial charge in [0.25, 0.3) is 5.91 Å². The number of carboxylic acids is 1. The summed E-state index contributed by atoms with van der Waals surface area (Å²) in [7, 11) is 0. The number of pyridine rings is 1. The molecular weight excluding hydrogens is 346 g/mol. The Hall–Kier alpha value is -3.29. The van der Waals surface area contributed by atoms with Crippen LogP contribution in [0.5, 0.6) is 0 Å². The molecule has 8 heteroatoms. The molecule has 1 aromatic carbocycles. The lowest BCUT2D eigenvalue weighted by atomic mass is 10.0. The van der Waals surface area contributed by atoms with Crippen LogP contribution in [0, 0.1) is 12.8 Å². The van der Waals surface area contributed by atoms with E-state index in [4.69, 9.17) is 0 Å². The second kappa shape index (κ2) is 7.53. The highest BCUT2D eigenvalue weighted by Gasteiger charge is 2.25. The molecule has 27 heavy (non-hydrogen) atoms. The Bertz CT molecular complexity index is 991. The summed E-state index contributed by atoms with van der Waals surface area (Å²) in [5.41, 5.74) is 2.18. The summed E-state index contributed by atoms with van der Waals surface area (Å²) in [6, 6.07) is 8.39. The number of benzene rings is 1. The van der Waals surface area contributed by atoms with Gasteiger partial charge in [-0.15, -0.1) is 5.10 Å². The number of nitrogens with zero attached hydrogens (tertiary/aromatic N) is 4. The minimum absolute atomic E-state index is 0.103. The fourth-order valence-electron chi connectivity index (χ4n) is 2.96. The standard InChI is InChI=1S/C19H21N5O3/c1-11(2)10-15(19(26)27)21-18(25)17-12(3)24(23-22-17)16-8-4-7-14-13(16)6-5-9-20-14/h4-9,11,15H,10H2,1-3H3,(H,21,25)(H,26,27)/t15-/m1/s1. The molecule has 0 unspecified atom stereocenters. The zero-order valence-electron chi connectivity index (χ0n) is 15.4. The topological polar surface area (TPSA) is 110 Å². The smallest absolute Gasteiger partial charge is 0.326 e. The molecule has 0 aliphatic heterocycles. The second-order valence-electron chi connectivity index (χ2n) is 6.78. The first kappa shape index (κ1) is 18.5. The Morgan fingerprint density at radius 3 is 2.70 bits per heavy atom. The lowest BCUT2D eigenvalue weighted by molar-refractivity contribution is -0.139. The average molecular weight is 367 g/mol. The molecule has 2 aromatic heterocycles. The van der Waals surface area contributed by atoms with E-state index >= 15 is 0 Å². The molecule has 0 radical (unpaired) electrons. The molecule has 0 spiro atoms. The Kier molecular flexibility index (Phi) is 5.16. The van der Waals surface area contributed by atoms with Gasteiger partial charge in [0.15, 0.2) is 5.69 Å². The van der Waals surface area contributed by atoms with Gasteiger partial charge in [-0.05, 0) is 43.5 Å². The maximum absolute atomic E-state index is 12.6. The Labute approximate surface area is 156 Å². The first-order chi connectivity index (χ1) is 12.9. The SMILES string of the molecule is Cc1c(C(=O)N[C@H](CC(C)C)C(=O)O)nnn1-c1cccc2ncccc12. The third kappa shape index (κ3) is 3.79. The van der Waals surface area contributed by atoms with E-state index in [-0.39, 0.29) is 11.6 Å². The number of nitrogens with one attached hydrogen (secondary N) is 1. The van der Waals surface area contributed by atoms with Crippen molar-refractivity contribution >= 4 is 22.8 Å². The number of rotatable bonds is 6. The zero-order valence-corrected chi connectivity index (χ0v) is 15.4. The number of amides is 1. The average Bonchev–Trinajstić information content (AvgIpc) is 3.01. The number of aliphatic carboxylic acids is 1. The van der Waals surface area contributed by atoms with Crippen molar-refractivity contribution in [1.82, 2.24) is 25.3 Å². The zero-order chi connectivity index (χ0) is 19.6. The molecule has 0 bridgehead atoms. The highest BCUT2D eigenvalue weighted by atomic mass is 16.4. The maximum Gasteiger partial charge on any atom is 0.326 e. The van der Waals surface area contributed by atoms with E-state index in [0.29, 0.717) is 12.1 Å². The van der Waals surface area contributed by atoms with Crippen molar-refractivity contribution in [3.05, 3.63) is 47.9 Å². The van der Waals surface area contributed by atoms with E-state index in [1.165, 1.54) is 0 Å². The third-order valence-corrected chi connectivity index (χ3v) is 4.27. The van der Waals surface area contributed by atoms with Crippen LogP contribution in [-0.2, 0) is 4.79 Å². The maximum atomic E-state index is 12.6. The van der Waals surface area contributed by atoms with E-state index in [2.05, 4.69) is 20.6 Å². The minimum atomic E-state index is -1.07. The molecule has 1 atom stereocenters. The number of aromatic nitrogens is 4. The molecule has 8 nitrogen and oxygen atoms in total. The van der Waals surface area contributed by atoms with E-state index in [0.717, 1.165) is 16.6 Å². The summed E-state index contributed by atoms with van der Waals surface area (Å²) in [6.07, 6.45) is 2.04. The lowest BCUT2D eigenvalue weighted by Crippen LogP contribution is -2.42. The van der Waals surface area contributed by atoms with Crippen LogP contribution < -0.4 is 5.32 Å². The van der Waals surface area contributed by atoms with Crippen molar-refractivity contribution < 1.29 is 14.7 Å². The van der Waals surface area contributed by atoms with Crippen LogP contribution in [0.15, 0.2) is 36.5 Å². The third-order valence-electron chi connectivity index (χ3n) is 4.27. The first-order valence-corrected chi connectivity index (χ1v) is 8.68. The summed E-state index contributed by atoms with van der Waals surface area (Å²) in [6.45, 7) is 5.53. The Morgan fingerprint density at radius 2 is 2.00 bits per heavy atom. The van der Waals surface area contributed by atoms with Crippen LogP contribution >= 0.6 is 0 Å². The van der Waals surface area contributed by atoms with Crippen molar-refractivity contribution in [1.29, 1.82) is 0 Å². The first-order valence-electron chi connectivity index (χ1n) is 8.68. The molecule has 0 fully saturated rings. The van der Waals surface area contributed by atoms with E-state index in [1.54, 1.807) is 17.8 Å². The fraction of sp³-hybridized carbons (Fsp3) is 0.316. The molecule has 2 heterocycles. The molecule has 1 amide bonds. The molecule has 140 valence electrons. The van der Waals surface area contributed by atoms with Gasteiger partial charge in [-0.1, -0.05) is 25.1 Å². The van der Waals surface area contributed by atoms with Gasteiger partial charge in [0.1, 0.15) is 6.04 Å². The molecule has 0 saturated carbocycles. The van der Waals surface area contributed by atoms with Crippen LogP contribution in [0.2, 0.25) is 0 Å². The molecule has 3 aromatic rings. The molecule has 0 saturated heterocycles. The number of hydrogen-bond donors (Lipinski definition) is 2. The van der Waals surface area contributed by atoms with Crippen LogP contribution in [0.25, 0.3) is 16.6 Å². The molecule has 0 aliphatic rings. The predicted molar refractivity (Wildman–Crippen MR) is 99.7 cm³/mol. The van der Waals surface area contributed by atoms with Crippen molar-refractivity contribution in [2.45, 2.75) is 33.2 Å². The number of hydrogen-bond acceptors (Lipinski definition) is 5. The summed E-state index contributed by atoms with van der Waals surface area (Å²) in [5, 5.41) is 20.8. The van der Waals surface area contributed by atoms with Gasteiger partial charge in [0.05, 0.1) is 16.9 Å². The summed E-state index contributed by atoms with van der Waals surface area (Å²) in [4.78, 5) is 28.3. The second-order valence-corrected chi connectivity index (χ2v) is 6.78. The van der Waals surface area contributed by atoms with Crippen LogP contribution in [0.4, 0.5) is 0 Å². The molecular formula is C19H21N5O3. The van der Waals surface area contributed by atoms with Gasteiger partial charge in [-0.25, -0.2) is 9.48 Å². The predicted octanol–water partition coefficient (Wildman–Crippen LogP) is 2.35. The monoisotopic (exact) mass is 367 g/mol. The number of carbonyl (C=O) groups is 2. The molecule has 2 N–H and O–H groups in total. The fourth-order valence-corrected chi connectivity index (χ4v) is 2.96. The van der Waals surface area contributed by atoms with E-state index in [1.807, 2.05) is 44.2 Å². The van der Waals surface area contributed by atoms with Gasteiger partial charge in [-0.3, -0.25) is 9.78 Å². The van der Waals surface area contributed by atoms with Gasteiger partial charge < -0.3 is 10.4 Å². The van der Waals surface area contributed by atoms with Crippen molar-refractivity contribution in [2.24, 2.45) is 5.92 Å². The lowest BCUT2D eigenvalue weighted by Gasteiger charge is -2.15. The largest absolute Gasteiger partial charge is 0.480 e. The molecule has 0 aliphatic carbocycles. The van der Waals surface area contributed by atoms with Gasteiger partial charge >= 0.3 is 5.97 Å². The highest BCUT2D eigenvalue weighted by Crippen LogP contribution is 2.22. The summed E-state index contributed by atoms with van der Waals surface area (Å²) >= 11 is 0. The number of carboxylic acid groups (broad SMARTS) is 1. The minimum Gasteiger partial charge on any atom is -0.480 e. The van der Waals surface area contributed by atoms with E-state index < -0.39 is 17.9 Å². The molecule has 3 rings (SSSR count). The summed E-state index contributed by atoms with van der Waals surface area (Å²) in [5.74, 6) is -1.49. The van der Waals surface area contributed by atoms with Crippen molar-refractivity contribution in [3.8, 4) is 5.69 Å². The van der Waals surface area contributed by atoms with Crippen LogP contribution in [0.3, 0.4) is 0 Å². The Morgan fingerprint density at radius 1 is 1.22 bits per heavy atom.